The SMILES string of the molecule is CCOc1ccc(-c2ccccc2NC2(c3ccc(NC(CC)c4ccccc4)cc3)OC(=O)c3cc(N(C)C)ccc32)cc1. The summed E-state index contributed by atoms with van der Waals surface area (Å²) in [6.45, 7) is 4.76. The average molecular weight is 598 g/mol. The van der Waals surface area contributed by atoms with Gasteiger partial charge in [-0.25, -0.2) is 4.79 Å². The summed E-state index contributed by atoms with van der Waals surface area (Å²) in [6.07, 6.45) is 0.943. The number of hydrogen-bond acceptors (Lipinski definition) is 6. The highest BCUT2D eigenvalue weighted by molar-refractivity contribution is 5.97. The molecule has 2 atom stereocenters. The Kier molecular flexibility index (Phi) is 8.47. The normalized spacial score (nSPS) is 16.0. The molecule has 0 saturated heterocycles. The molecule has 6 rings (SSSR count). The van der Waals surface area contributed by atoms with Gasteiger partial charge < -0.3 is 25.0 Å². The summed E-state index contributed by atoms with van der Waals surface area (Å²) in [6, 6.07) is 40.9. The van der Waals surface area contributed by atoms with Crippen LogP contribution in [0, 0.1) is 0 Å². The molecule has 0 amide bonds. The third-order valence-corrected chi connectivity index (χ3v) is 8.32. The van der Waals surface area contributed by atoms with Gasteiger partial charge >= 0.3 is 5.97 Å². The van der Waals surface area contributed by atoms with Gasteiger partial charge in [0.05, 0.1) is 18.2 Å². The third kappa shape index (κ3) is 5.96. The van der Waals surface area contributed by atoms with Gasteiger partial charge in [-0.3, -0.25) is 0 Å². The number of nitrogens with one attached hydrogen (secondary N) is 2. The molecule has 0 aromatic heterocycles. The second-order valence-corrected chi connectivity index (χ2v) is 11.4. The van der Waals surface area contributed by atoms with Crippen LogP contribution in [0.1, 0.15) is 53.4 Å². The van der Waals surface area contributed by atoms with Gasteiger partial charge in [-0.2, -0.15) is 0 Å². The molecule has 1 aliphatic rings. The minimum absolute atomic E-state index is 0.180. The lowest BCUT2D eigenvalue weighted by atomic mass is 9.91. The summed E-state index contributed by atoms with van der Waals surface area (Å²) >= 11 is 0. The Hall–Kier alpha value is -5.23. The van der Waals surface area contributed by atoms with Crippen LogP contribution >= 0.6 is 0 Å². The molecule has 228 valence electrons. The van der Waals surface area contributed by atoms with Gasteiger partial charge in [0.1, 0.15) is 5.75 Å². The van der Waals surface area contributed by atoms with Crippen molar-refractivity contribution in [2.45, 2.75) is 32.0 Å². The third-order valence-electron chi connectivity index (χ3n) is 8.32. The fourth-order valence-electron chi connectivity index (χ4n) is 5.95. The van der Waals surface area contributed by atoms with E-state index in [4.69, 9.17) is 9.47 Å². The maximum Gasteiger partial charge on any atom is 0.341 e. The molecule has 45 heavy (non-hydrogen) atoms. The first-order valence-corrected chi connectivity index (χ1v) is 15.5. The number of ether oxygens (including phenoxy) is 2. The van der Waals surface area contributed by atoms with Gasteiger partial charge in [0, 0.05) is 47.8 Å². The van der Waals surface area contributed by atoms with Crippen molar-refractivity contribution in [1.82, 2.24) is 0 Å². The Morgan fingerprint density at radius 2 is 1.51 bits per heavy atom. The lowest BCUT2D eigenvalue weighted by Gasteiger charge is -2.33. The monoisotopic (exact) mass is 597 g/mol. The van der Waals surface area contributed by atoms with E-state index in [2.05, 4.69) is 60.0 Å². The number of benzene rings is 5. The van der Waals surface area contributed by atoms with E-state index < -0.39 is 5.72 Å². The summed E-state index contributed by atoms with van der Waals surface area (Å²) in [5, 5.41) is 7.37. The van der Waals surface area contributed by atoms with Crippen LogP contribution in [0.5, 0.6) is 5.75 Å². The zero-order chi connectivity index (χ0) is 31.4. The number of carbonyl (C=O) groups excluding carboxylic acids is 1. The fraction of sp³-hybridized carbons (Fsp3) is 0.205. The van der Waals surface area contributed by atoms with Gasteiger partial charge in [-0.1, -0.05) is 79.7 Å². The molecule has 5 aromatic carbocycles. The van der Waals surface area contributed by atoms with Crippen molar-refractivity contribution in [2.24, 2.45) is 0 Å². The first-order chi connectivity index (χ1) is 21.9. The highest BCUT2D eigenvalue weighted by Gasteiger charge is 2.48. The van der Waals surface area contributed by atoms with Crippen molar-refractivity contribution >= 4 is 23.0 Å². The number of fused-ring (bicyclic) bond motifs is 1. The summed E-state index contributed by atoms with van der Waals surface area (Å²) in [5.41, 5.74) is 6.93. The van der Waals surface area contributed by atoms with Gasteiger partial charge in [0.25, 0.3) is 0 Å². The van der Waals surface area contributed by atoms with Crippen molar-refractivity contribution in [2.75, 3.05) is 36.2 Å². The van der Waals surface area contributed by atoms with Crippen molar-refractivity contribution in [1.29, 1.82) is 0 Å². The zero-order valence-electron chi connectivity index (χ0n) is 26.2. The van der Waals surface area contributed by atoms with Crippen LogP contribution < -0.4 is 20.3 Å². The number of nitrogens with zero attached hydrogens (tertiary/aromatic N) is 1. The quantitative estimate of drug-likeness (QED) is 0.148. The lowest BCUT2D eigenvalue weighted by molar-refractivity contribution is 0.0213. The Morgan fingerprint density at radius 3 is 2.20 bits per heavy atom. The molecular formula is C39H39N3O3. The first-order valence-electron chi connectivity index (χ1n) is 15.5. The molecule has 6 nitrogen and oxygen atoms in total. The minimum Gasteiger partial charge on any atom is -0.494 e. The van der Waals surface area contributed by atoms with Crippen LogP contribution in [0.4, 0.5) is 17.1 Å². The lowest BCUT2D eigenvalue weighted by Crippen LogP contribution is -2.37. The maximum atomic E-state index is 13.6. The van der Waals surface area contributed by atoms with E-state index in [1.54, 1.807) is 0 Å². The number of rotatable bonds is 11. The number of carbonyl (C=O) groups is 1. The Labute approximate surface area is 265 Å². The molecule has 0 radical (unpaired) electrons. The van der Waals surface area contributed by atoms with E-state index in [1.807, 2.05) is 105 Å². The Bertz CT molecular complexity index is 1770. The molecule has 6 heteroatoms. The highest BCUT2D eigenvalue weighted by Crippen LogP contribution is 2.45. The smallest absolute Gasteiger partial charge is 0.341 e. The second kappa shape index (κ2) is 12.8. The molecule has 0 fully saturated rings. The number of cyclic esters (lactones) is 1. The van der Waals surface area contributed by atoms with E-state index in [-0.39, 0.29) is 12.0 Å². The number of para-hydroxylation sites is 1. The molecule has 0 spiro atoms. The summed E-state index contributed by atoms with van der Waals surface area (Å²) in [7, 11) is 3.93. The minimum atomic E-state index is -1.24. The van der Waals surface area contributed by atoms with Crippen molar-refractivity contribution in [3.8, 4) is 16.9 Å². The van der Waals surface area contributed by atoms with Crippen LogP contribution in [0.15, 0.2) is 121 Å². The van der Waals surface area contributed by atoms with Gasteiger partial charge in [0.2, 0.25) is 5.72 Å². The Morgan fingerprint density at radius 1 is 0.800 bits per heavy atom. The highest BCUT2D eigenvalue weighted by atomic mass is 16.6. The van der Waals surface area contributed by atoms with Crippen LogP contribution in [0.2, 0.25) is 0 Å². The molecule has 1 heterocycles. The number of hydrogen-bond donors (Lipinski definition) is 2. The van der Waals surface area contributed by atoms with E-state index in [1.165, 1.54) is 5.56 Å². The largest absolute Gasteiger partial charge is 0.494 e. The number of anilines is 3. The van der Waals surface area contributed by atoms with Gasteiger partial charge in [0.15, 0.2) is 0 Å². The summed E-state index contributed by atoms with van der Waals surface area (Å²) < 4.78 is 12.1. The van der Waals surface area contributed by atoms with Crippen molar-refractivity contribution in [3.63, 3.8) is 0 Å². The van der Waals surface area contributed by atoms with E-state index >= 15 is 0 Å². The number of esters is 1. The van der Waals surface area contributed by atoms with Crippen LogP contribution in [0.25, 0.3) is 11.1 Å². The fourth-order valence-corrected chi connectivity index (χ4v) is 5.95. The summed E-state index contributed by atoms with van der Waals surface area (Å²) in [5.74, 6) is 0.460. The van der Waals surface area contributed by atoms with E-state index in [0.717, 1.165) is 51.5 Å². The topological polar surface area (TPSA) is 62.8 Å². The van der Waals surface area contributed by atoms with Gasteiger partial charge in [-0.15, -0.1) is 0 Å². The Balaban J connectivity index is 1.41. The first kappa shape index (κ1) is 29.8. The molecule has 1 aliphatic heterocycles. The van der Waals surface area contributed by atoms with Gasteiger partial charge in [-0.05, 0) is 73.0 Å². The molecule has 5 aromatic rings. The molecular weight excluding hydrogens is 558 g/mol. The maximum absolute atomic E-state index is 13.6. The van der Waals surface area contributed by atoms with Crippen molar-refractivity contribution < 1.29 is 14.3 Å². The summed E-state index contributed by atoms with van der Waals surface area (Å²) in [4.78, 5) is 15.6. The van der Waals surface area contributed by atoms with Crippen molar-refractivity contribution in [3.05, 3.63) is 144 Å². The molecule has 0 bridgehead atoms. The van der Waals surface area contributed by atoms with Crippen LogP contribution in [-0.2, 0) is 10.5 Å². The van der Waals surface area contributed by atoms with E-state index in [9.17, 15) is 4.79 Å². The second-order valence-electron chi connectivity index (χ2n) is 11.4. The van der Waals surface area contributed by atoms with E-state index in [0.29, 0.717) is 12.2 Å². The predicted molar refractivity (Wildman–Crippen MR) is 183 cm³/mol. The molecule has 2 unspecified atom stereocenters. The van der Waals surface area contributed by atoms with Crippen LogP contribution in [0.3, 0.4) is 0 Å². The molecule has 0 saturated carbocycles. The average Bonchev–Trinajstić information content (AvgIpc) is 3.36. The standard InChI is InChI=1S/C39H39N3O3/c1-5-36(28-12-8-7-9-13-28)40-30-20-18-29(19-21-30)39(35-25-22-31(42(3)4)26-34(35)38(43)45-39)41-37-15-11-10-14-33(37)27-16-23-32(24-17-27)44-6-2/h7-26,36,40-41H,5-6H2,1-4H3. The predicted octanol–water partition coefficient (Wildman–Crippen LogP) is 8.87. The molecule has 2 N–H and O–H groups in total. The van der Waals surface area contributed by atoms with Crippen LogP contribution in [-0.4, -0.2) is 26.7 Å². The molecule has 0 aliphatic carbocycles. The zero-order valence-corrected chi connectivity index (χ0v) is 26.2.